The minimum absolute atomic E-state index is 0.0108. The number of hydrogen-bond acceptors (Lipinski definition) is 3. The van der Waals surface area contributed by atoms with Gasteiger partial charge in [0, 0.05) is 25.7 Å². The predicted molar refractivity (Wildman–Crippen MR) is 63.8 cm³/mol. The third kappa shape index (κ3) is 4.50. The Morgan fingerprint density at radius 3 is 2.53 bits per heavy atom. The lowest BCUT2D eigenvalue weighted by Crippen LogP contribution is -2.49. The summed E-state index contributed by atoms with van der Waals surface area (Å²) in [5, 5.41) is 5.60. The second-order valence-corrected chi connectivity index (χ2v) is 4.13. The van der Waals surface area contributed by atoms with Gasteiger partial charge in [0.2, 0.25) is 0 Å². The molecule has 1 rings (SSSR count). The van der Waals surface area contributed by atoms with E-state index in [4.69, 9.17) is 0 Å². The second kappa shape index (κ2) is 6.98. The van der Waals surface area contributed by atoms with Gasteiger partial charge in [-0.3, -0.25) is 0 Å². The van der Waals surface area contributed by atoms with Crippen molar-refractivity contribution in [3.63, 3.8) is 0 Å². The highest BCUT2D eigenvalue weighted by Gasteiger charge is 2.23. The highest BCUT2D eigenvalue weighted by Crippen LogP contribution is 2.10. The molecule has 0 aromatic rings. The molecule has 1 fully saturated rings. The number of rotatable bonds is 3. The zero-order valence-electron chi connectivity index (χ0n) is 10.5. The normalized spacial score (nSPS) is 16.5. The van der Waals surface area contributed by atoms with Crippen molar-refractivity contribution < 1.29 is 14.3 Å². The zero-order valence-corrected chi connectivity index (χ0v) is 10.5. The highest BCUT2D eigenvalue weighted by molar-refractivity contribution is 5.74. The molecule has 17 heavy (non-hydrogen) atoms. The molecule has 0 saturated carbocycles. The Kier molecular flexibility index (Phi) is 5.59. The van der Waals surface area contributed by atoms with Crippen LogP contribution in [0.25, 0.3) is 0 Å². The van der Waals surface area contributed by atoms with E-state index in [9.17, 15) is 9.59 Å². The summed E-state index contributed by atoms with van der Waals surface area (Å²) >= 11 is 0. The van der Waals surface area contributed by atoms with Gasteiger partial charge in [0.25, 0.3) is 0 Å². The minimum Gasteiger partial charge on any atom is -0.453 e. The minimum atomic E-state index is -0.404. The molecular formula is C11H21N3O3. The number of nitrogens with zero attached hydrogens (tertiary/aromatic N) is 1. The van der Waals surface area contributed by atoms with Gasteiger partial charge in [-0.1, -0.05) is 6.92 Å². The molecule has 0 spiro atoms. The summed E-state index contributed by atoms with van der Waals surface area (Å²) in [5.41, 5.74) is 0. The monoisotopic (exact) mass is 243 g/mol. The maximum Gasteiger partial charge on any atom is 0.407 e. The summed E-state index contributed by atoms with van der Waals surface area (Å²) in [7, 11) is 1.35. The zero-order chi connectivity index (χ0) is 12.7. The van der Waals surface area contributed by atoms with Gasteiger partial charge in [0.15, 0.2) is 0 Å². The van der Waals surface area contributed by atoms with Gasteiger partial charge in [0.1, 0.15) is 0 Å². The fraction of sp³-hybridized carbons (Fsp3) is 0.818. The number of ether oxygens (including phenoxy) is 1. The van der Waals surface area contributed by atoms with Gasteiger partial charge in [-0.2, -0.15) is 0 Å². The first-order valence-electron chi connectivity index (χ1n) is 6.04. The summed E-state index contributed by atoms with van der Waals surface area (Å²) in [5.74, 6) is 0. The van der Waals surface area contributed by atoms with Crippen LogP contribution in [0.3, 0.4) is 0 Å². The Hall–Kier alpha value is -1.46. The van der Waals surface area contributed by atoms with Crippen LogP contribution in [-0.4, -0.2) is 49.8 Å². The van der Waals surface area contributed by atoms with Crippen molar-refractivity contribution in [3.8, 4) is 0 Å². The van der Waals surface area contributed by atoms with Crippen molar-refractivity contribution in [1.82, 2.24) is 15.5 Å². The van der Waals surface area contributed by atoms with Crippen molar-refractivity contribution >= 4 is 12.1 Å². The van der Waals surface area contributed by atoms with Crippen LogP contribution >= 0.6 is 0 Å². The third-order valence-electron chi connectivity index (χ3n) is 2.82. The molecule has 1 aliphatic heterocycles. The van der Waals surface area contributed by atoms with Crippen molar-refractivity contribution in [2.24, 2.45) is 0 Å². The van der Waals surface area contributed by atoms with Gasteiger partial charge in [-0.25, -0.2) is 9.59 Å². The van der Waals surface area contributed by atoms with Crippen molar-refractivity contribution in [1.29, 1.82) is 0 Å². The summed E-state index contributed by atoms with van der Waals surface area (Å²) < 4.78 is 4.54. The standard InChI is InChI=1S/C11H21N3O3/c1-3-6-12-10(15)14-7-4-9(5-8-14)13-11(16)17-2/h9H,3-8H2,1-2H3,(H,12,15)(H,13,16). The number of carbonyl (C=O) groups is 2. The molecular weight excluding hydrogens is 222 g/mol. The van der Waals surface area contributed by atoms with Gasteiger partial charge in [0.05, 0.1) is 7.11 Å². The molecule has 2 N–H and O–H groups in total. The van der Waals surface area contributed by atoms with Crippen LogP contribution in [0.4, 0.5) is 9.59 Å². The summed E-state index contributed by atoms with van der Waals surface area (Å²) in [6.45, 7) is 4.07. The topological polar surface area (TPSA) is 70.7 Å². The molecule has 3 amide bonds. The van der Waals surface area contributed by atoms with E-state index in [2.05, 4.69) is 15.4 Å². The van der Waals surface area contributed by atoms with Crippen molar-refractivity contribution in [3.05, 3.63) is 0 Å². The molecule has 0 unspecified atom stereocenters. The molecule has 1 saturated heterocycles. The largest absolute Gasteiger partial charge is 0.453 e. The molecule has 0 bridgehead atoms. The van der Waals surface area contributed by atoms with E-state index >= 15 is 0 Å². The first-order chi connectivity index (χ1) is 8.17. The number of hydrogen-bond donors (Lipinski definition) is 2. The molecule has 0 aromatic carbocycles. The Labute approximate surface area is 102 Å². The first kappa shape index (κ1) is 13.6. The molecule has 0 aliphatic carbocycles. The molecule has 6 nitrogen and oxygen atoms in total. The fourth-order valence-corrected chi connectivity index (χ4v) is 1.80. The number of methoxy groups -OCH3 is 1. The van der Waals surface area contributed by atoms with Crippen LogP contribution in [0.1, 0.15) is 26.2 Å². The lowest BCUT2D eigenvalue weighted by atomic mass is 10.1. The molecule has 0 atom stereocenters. The van der Waals surface area contributed by atoms with Crippen molar-refractivity contribution in [2.45, 2.75) is 32.2 Å². The fourth-order valence-electron chi connectivity index (χ4n) is 1.80. The molecule has 6 heteroatoms. The van der Waals surface area contributed by atoms with E-state index in [-0.39, 0.29) is 12.1 Å². The average Bonchev–Trinajstić information content (AvgIpc) is 2.36. The van der Waals surface area contributed by atoms with Crippen molar-refractivity contribution in [2.75, 3.05) is 26.7 Å². The molecule has 0 aromatic heterocycles. The van der Waals surface area contributed by atoms with E-state index in [1.54, 1.807) is 4.90 Å². The maximum atomic E-state index is 11.6. The molecule has 1 heterocycles. The number of piperidine rings is 1. The molecule has 1 aliphatic rings. The van der Waals surface area contributed by atoms with Crippen LogP contribution in [0.15, 0.2) is 0 Å². The lowest BCUT2D eigenvalue weighted by molar-refractivity contribution is 0.153. The number of likely N-dealkylation sites (tertiary alicyclic amines) is 1. The second-order valence-electron chi connectivity index (χ2n) is 4.13. The van der Waals surface area contributed by atoms with Gasteiger partial charge in [-0.05, 0) is 19.3 Å². The Morgan fingerprint density at radius 2 is 2.00 bits per heavy atom. The lowest BCUT2D eigenvalue weighted by Gasteiger charge is -2.32. The number of nitrogens with one attached hydrogen (secondary N) is 2. The van der Waals surface area contributed by atoms with E-state index in [1.807, 2.05) is 6.92 Å². The Bertz CT molecular complexity index is 263. The quantitative estimate of drug-likeness (QED) is 0.774. The molecule has 0 radical (unpaired) electrons. The van der Waals surface area contributed by atoms with Crippen LogP contribution in [0.5, 0.6) is 0 Å². The van der Waals surface area contributed by atoms with E-state index < -0.39 is 6.09 Å². The summed E-state index contributed by atoms with van der Waals surface area (Å²) in [6, 6.07) is 0.0982. The Balaban J connectivity index is 2.25. The van der Waals surface area contributed by atoms with Crippen LogP contribution < -0.4 is 10.6 Å². The third-order valence-corrected chi connectivity index (χ3v) is 2.82. The molecule has 98 valence electrons. The van der Waals surface area contributed by atoms with Gasteiger partial charge < -0.3 is 20.3 Å². The Morgan fingerprint density at radius 1 is 1.35 bits per heavy atom. The number of alkyl carbamates (subject to hydrolysis) is 1. The smallest absolute Gasteiger partial charge is 0.407 e. The first-order valence-corrected chi connectivity index (χ1v) is 6.04. The highest BCUT2D eigenvalue weighted by atomic mass is 16.5. The van der Waals surface area contributed by atoms with Gasteiger partial charge >= 0.3 is 12.1 Å². The van der Waals surface area contributed by atoms with Crippen LogP contribution in [0, 0.1) is 0 Å². The van der Waals surface area contributed by atoms with Crippen LogP contribution in [0.2, 0.25) is 0 Å². The van der Waals surface area contributed by atoms with E-state index in [0.29, 0.717) is 19.6 Å². The van der Waals surface area contributed by atoms with Crippen LogP contribution in [-0.2, 0) is 4.74 Å². The summed E-state index contributed by atoms with van der Waals surface area (Å²) in [6.07, 6.45) is 2.08. The van der Waals surface area contributed by atoms with E-state index in [1.165, 1.54) is 7.11 Å². The number of urea groups is 1. The number of amides is 3. The number of carbonyl (C=O) groups excluding carboxylic acids is 2. The predicted octanol–water partition coefficient (Wildman–Crippen LogP) is 0.926. The van der Waals surface area contributed by atoms with E-state index in [0.717, 1.165) is 19.3 Å². The average molecular weight is 243 g/mol. The van der Waals surface area contributed by atoms with Gasteiger partial charge in [-0.15, -0.1) is 0 Å². The SMILES string of the molecule is CCCNC(=O)N1CCC(NC(=O)OC)CC1. The maximum absolute atomic E-state index is 11.6. The summed E-state index contributed by atoms with van der Waals surface area (Å²) in [4.78, 5) is 24.4.